The number of β-amino-alcohol motifs (C(OH)–C–C–N with tert-alkyl or cyclic N) is 1. The molecule has 1 saturated heterocycles. The van der Waals surface area contributed by atoms with Crippen molar-refractivity contribution in [3.8, 4) is 17.2 Å². The third-order valence-corrected chi connectivity index (χ3v) is 5.18. The first kappa shape index (κ1) is 19.5. The van der Waals surface area contributed by atoms with E-state index in [9.17, 15) is 9.90 Å². The predicted molar refractivity (Wildman–Crippen MR) is 107 cm³/mol. The second-order valence-corrected chi connectivity index (χ2v) is 7.60. The SMILES string of the molecule is O=C(CN1CCCC(O)(COc2ccccc2)C1)NCc1ccc2c(c1)OCO2. The number of rotatable bonds is 7. The molecule has 2 aromatic rings. The van der Waals surface area contributed by atoms with Gasteiger partial charge in [0, 0.05) is 13.1 Å². The van der Waals surface area contributed by atoms with Crippen molar-refractivity contribution in [3.63, 3.8) is 0 Å². The molecule has 154 valence electrons. The van der Waals surface area contributed by atoms with Crippen molar-refractivity contribution < 1.29 is 24.1 Å². The number of carbonyl (C=O) groups is 1. The van der Waals surface area contributed by atoms with E-state index in [1.54, 1.807) is 0 Å². The monoisotopic (exact) mass is 398 g/mol. The van der Waals surface area contributed by atoms with Crippen molar-refractivity contribution in [1.29, 1.82) is 0 Å². The maximum absolute atomic E-state index is 12.4. The molecule has 7 nitrogen and oxygen atoms in total. The van der Waals surface area contributed by atoms with Gasteiger partial charge in [-0.05, 0) is 49.2 Å². The second kappa shape index (κ2) is 8.71. The van der Waals surface area contributed by atoms with Crippen LogP contribution in [0.15, 0.2) is 48.5 Å². The van der Waals surface area contributed by atoms with Crippen molar-refractivity contribution in [2.45, 2.75) is 25.0 Å². The van der Waals surface area contributed by atoms with Crippen molar-refractivity contribution in [2.75, 3.05) is 33.0 Å². The molecule has 0 aliphatic carbocycles. The van der Waals surface area contributed by atoms with Gasteiger partial charge in [-0.25, -0.2) is 0 Å². The lowest BCUT2D eigenvalue weighted by atomic mass is 9.93. The summed E-state index contributed by atoms with van der Waals surface area (Å²) in [4.78, 5) is 14.4. The first-order valence-corrected chi connectivity index (χ1v) is 9.87. The molecule has 2 N–H and O–H groups in total. The van der Waals surface area contributed by atoms with E-state index < -0.39 is 5.60 Å². The summed E-state index contributed by atoms with van der Waals surface area (Å²) >= 11 is 0. The van der Waals surface area contributed by atoms with E-state index >= 15 is 0 Å². The smallest absolute Gasteiger partial charge is 0.234 e. The molecule has 0 saturated carbocycles. The van der Waals surface area contributed by atoms with Crippen LogP contribution in [0.1, 0.15) is 18.4 Å². The van der Waals surface area contributed by atoms with Gasteiger partial charge in [0.15, 0.2) is 11.5 Å². The molecule has 1 unspecified atom stereocenters. The van der Waals surface area contributed by atoms with Gasteiger partial charge < -0.3 is 24.6 Å². The topological polar surface area (TPSA) is 80.3 Å². The Bertz CT molecular complexity index is 844. The Labute approximate surface area is 170 Å². The van der Waals surface area contributed by atoms with Crippen LogP contribution < -0.4 is 19.5 Å². The number of aliphatic hydroxyl groups is 1. The molecule has 2 heterocycles. The second-order valence-electron chi connectivity index (χ2n) is 7.60. The van der Waals surface area contributed by atoms with Crippen LogP contribution in [-0.2, 0) is 11.3 Å². The van der Waals surface area contributed by atoms with E-state index in [1.807, 2.05) is 53.4 Å². The Morgan fingerprint density at radius 2 is 2.00 bits per heavy atom. The molecular formula is C22H26N2O5. The van der Waals surface area contributed by atoms with Crippen LogP contribution >= 0.6 is 0 Å². The zero-order chi connectivity index (χ0) is 20.1. The van der Waals surface area contributed by atoms with Crippen LogP contribution in [0.3, 0.4) is 0 Å². The van der Waals surface area contributed by atoms with Gasteiger partial charge in [-0.15, -0.1) is 0 Å². The van der Waals surface area contributed by atoms with Crippen LogP contribution in [0.25, 0.3) is 0 Å². The molecule has 29 heavy (non-hydrogen) atoms. The number of hydrogen-bond donors (Lipinski definition) is 2. The molecule has 1 fully saturated rings. The minimum Gasteiger partial charge on any atom is -0.491 e. The molecule has 0 aromatic heterocycles. The Morgan fingerprint density at radius 1 is 1.17 bits per heavy atom. The number of likely N-dealkylation sites (tertiary alicyclic amines) is 1. The fourth-order valence-electron chi connectivity index (χ4n) is 3.70. The summed E-state index contributed by atoms with van der Waals surface area (Å²) in [6.45, 7) is 2.31. The van der Waals surface area contributed by atoms with Gasteiger partial charge in [0.25, 0.3) is 0 Å². The van der Waals surface area contributed by atoms with E-state index in [4.69, 9.17) is 14.2 Å². The van der Waals surface area contributed by atoms with E-state index in [1.165, 1.54) is 0 Å². The van der Waals surface area contributed by atoms with Gasteiger partial charge in [0.05, 0.1) is 6.54 Å². The predicted octanol–water partition coefficient (Wildman–Crippen LogP) is 1.94. The first-order chi connectivity index (χ1) is 14.1. The summed E-state index contributed by atoms with van der Waals surface area (Å²) in [5.74, 6) is 2.09. The Hall–Kier alpha value is -2.77. The molecule has 4 rings (SSSR count). The van der Waals surface area contributed by atoms with Crippen LogP contribution in [-0.4, -0.2) is 54.5 Å². The van der Waals surface area contributed by atoms with E-state index in [0.29, 0.717) is 25.3 Å². The summed E-state index contributed by atoms with van der Waals surface area (Å²) < 4.78 is 16.4. The number of piperidine rings is 1. The number of hydrogen-bond acceptors (Lipinski definition) is 6. The summed E-state index contributed by atoms with van der Waals surface area (Å²) in [5, 5.41) is 13.8. The number of para-hydroxylation sites is 1. The Morgan fingerprint density at radius 3 is 2.86 bits per heavy atom. The average molecular weight is 398 g/mol. The summed E-state index contributed by atoms with van der Waals surface area (Å²) in [6.07, 6.45) is 1.49. The molecule has 0 bridgehead atoms. The standard InChI is InChI=1S/C22H26N2O5/c25-21(23-12-17-7-8-19-20(11-17)29-16-28-19)13-24-10-4-9-22(26,14-24)15-27-18-5-2-1-3-6-18/h1-3,5-8,11,26H,4,9-10,12-16H2,(H,23,25). The summed E-state index contributed by atoms with van der Waals surface area (Å²) in [7, 11) is 0. The highest BCUT2D eigenvalue weighted by Crippen LogP contribution is 2.32. The number of ether oxygens (including phenoxy) is 3. The van der Waals surface area contributed by atoms with E-state index in [-0.39, 0.29) is 25.9 Å². The maximum atomic E-state index is 12.4. The molecule has 1 amide bonds. The fraction of sp³-hybridized carbons (Fsp3) is 0.409. The van der Waals surface area contributed by atoms with Crippen LogP contribution in [0.2, 0.25) is 0 Å². The molecule has 2 aliphatic rings. The highest BCUT2D eigenvalue weighted by atomic mass is 16.7. The van der Waals surface area contributed by atoms with Crippen molar-refractivity contribution in [2.24, 2.45) is 0 Å². The van der Waals surface area contributed by atoms with E-state index in [0.717, 1.165) is 30.0 Å². The van der Waals surface area contributed by atoms with Gasteiger partial charge >= 0.3 is 0 Å². The van der Waals surface area contributed by atoms with Crippen LogP contribution in [0.4, 0.5) is 0 Å². The van der Waals surface area contributed by atoms with Crippen molar-refractivity contribution >= 4 is 5.91 Å². The molecule has 1 atom stereocenters. The molecule has 2 aliphatic heterocycles. The fourth-order valence-corrected chi connectivity index (χ4v) is 3.70. The number of benzene rings is 2. The third-order valence-electron chi connectivity index (χ3n) is 5.18. The summed E-state index contributed by atoms with van der Waals surface area (Å²) in [5.41, 5.74) is 0.000103. The van der Waals surface area contributed by atoms with Crippen molar-refractivity contribution in [3.05, 3.63) is 54.1 Å². The molecule has 2 aromatic carbocycles. The molecule has 7 heteroatoms. The van der Waals surface area contributed by atoms with Gasteiger partial charge in [0.2, 0.25) is 12.7 Å². The molecule has 0 radical (unpaired) electrons. The van der Waals surface area contributed by atoms with Crippen LogP contribution in [0, 0.1) is 0 Å². The largest absolute Gasteiger partial charge is 0.491 e. The average Bonchev–Trinajstić information content (AvgIpc) is 3.20. The Balaban J connectivity index is 1.24. The Kier molecular flexibility index (Phi) is 5.87. The highest BCUT2D eigenvalue weighted by molar-refractivity contribution is 5.78. The van der Waals surface area contributed by atoms with Crippen molar-refractivity contribution in [1.82, 2.24) is 10.2 Å². The number of amides is 1. The minimum atomic E-state index is -0.953. The number of nitrogens with zero attached hydrogens (tertiary/aromatic N) is 1. The number of carbonyl (C=O) groups excluding carboxylic acids is 1. The number of fused-ring (bicyclic) bond motifs is 1. The zero-order valence-electron chi connectivity index (χ0n) is 16.3. The lowest BCUT2D eigenvalue weighted by molar-refractivity contribution is -0.124. The van der Waals surface area contributed by atoms with Crippen LogP contribution in [0.5, 0.6) is 17.2 Å². The minimum absolute atomic E-state index is 0.0732. The first-order valence-electron chi connectivity index (χ1n) is 9.87. The van der Waals surface area contributed by atoms with Gasteiger partial charge in [-0.3, -0.25) is 9.69 Å². The lowest BCUT2D eigenvalue weighted by Crippen LogP contribution is -2.53. The highest BCUT2D eigenvalue weighted by Gasteiger charge is 2.34. The third kappa shape index (κ3) is 5.19. The van der Waals surface area contributed by atoms with Gasteiger partial charge in [-0.1, -0.05) is 24.3 Å². The van der Waals surface area contributed by atoms with Gasteiger partial charge in [0.1, 0.15) is 18.0 Å². The molecular weight excluding hydrogens is 372 g/mol. The van der Waals surface area contributed by atoms with Gasteiger partial charge in [-0.2, -0.15) is 0 Å². The lowest BCUT2D eigenvalue weighted by Gasteiger charge is -2.38. The quantitative estimate of drug-likeness (QED) is 0.742. The number of nitrogens with one attached hydrogen (secondary N) is 1. The summed E-state index contributed by atoms with van der Waals surface area (Å²) in [6, 6.07) is 15.1. The maximum Gasteiger partial charge on any atom is 0.234 e. The zero-order valence-corrected chi connectivity index (χ0v) is 16.3. The molecule has 0 spiro atoms. The normalized spacial score (nSPS) is 21.0. The van der Waals surface area contributed by atoms with E-state index in [2.05, 4.69) is 5.32 Å².